The number of hydrogen-bond acceptors (Lipinski definition) is 3. The Labute approximate surface area is 203 Å². The van der Waals surface area contributed by atoms with Crippen molar-refractivity contribution < 1.29 is 8.42 Å². The highest BCUT2D eigenvalue weighted by atomic mass is 127. The maximum Gasteiger partial charge on any atom is 0.243 e. The molecule has 0 bridgehead atoms. The summed E-state index contributed by atoms with van der Waals surface area (Å²) in [6.45, 7) is 2.41. The molecule has 2 aromatic rings. The Bertz CT molecular complexity index is 930. The van der Waals surface area contributed by atoms with Crippen molar-refractivity contribution in [3.8, 4) is 0 Å². The molecule has 2 aromatic carbocycles. The smallest absolute Gasteiger partial charge is 0.243 e. The van der Waals surface area contributed by atoms with Gasteiger partial charge in [0.05, 0.1) is 4.90 Å². The topological polar surface area (TPSA) is 73.8 Å². The quantitative estimate of drug-likeness (QED) is 0.225. The van der Waals surface area contributed by atoms with E-state index >= 15 is 0 Å². The molecule has 170 valence electrons. The van der Waals surface area contributed by atoms with Gasteiger partial charge in [0.1, 0.15) is 0 Å². The lowest BCUT2D eigenvalue weighted by molar-refractivity contribution is 0.346. The van der Waals surface area contributed by atoms with E-state index < -0.39 is 10.0 Å². The van der Waals surface area contributed by atoms with Crippen molar-refractivity contribution in [2.24, 2.45) is 4.99 Å². The molecule has 0 atom stereocenters. The maximum atomic E-state index is 13.1. The molecule has 6 nitrogen and oxygen atoms in total. The molecule has 1 saturated heterocycles. The van der Waals surface area contributed by atoms with Crippen LogP contribution < -0.4 is 10.6 Å². The first-order valence-corrected chi connectivity index (χ1v) is 12.1. The molecule has 1 heterocycles. The van der Waals surface area contributed by atoms with Gasteiger partial charge in [0.25, 0.3) is 0 Å². The van der Waals surface area contributed by atoms with E-state index in [4.69, 9.17) is 0 Å². The van der Waals surface area contributed by atoms with Gasteiger partial charge in [0.15, 0.2) is 5.96 Å². The standard InChI is InChI=1S/C23H32N4O2S.HI/c1-24-23(25-16-10-13-20-11-4-2-5-12-20)26-19-21-14-6-7-15-22(21)30(28,29)27-17-8-3-9-18-27;/h2,4-7,11-12,14-15H,3,8-10,13,16-19H2,1H3,(H2,24,25,26);1H. The number of nitrogens with zero attached hydrogens (tertiary/aromatic N) is 2. The zero-order valence-electron chi connectivity index (χ0n) is 18.1. The minimum Gasteiger partial charge on any atom is -0.356 e. The normalized spacial score (nSPS) is 15.2. The second-order valence-corrected chi connectivity index (χ2v) is 9.42. The average molecular weight is 557 g/mol. The molecule has 31 heavy (non-hydrogen) atoms. The lowest BCUT2D eigenvalue weighted by atomic mass is 10.1. The fourth-order valence-electron chi connectivity index (χ4n) is 3.69. The fraction of sp³-hybridized carbons (Fsp3) is 0.435. The Morgan fingerprint density at radius 3 is 2.35 bits per heavy atom. The van der Waals surface area contributed by atoms with Crippen LogP contribution in [0.4, 0.5) is 0 Å². The van der Waals surface area contributed by atoms with E-state index in [1.54, 1.807) is 23.5 Å². The summed E-state index contributed by atoms with van der Waals surface area (Å²) in [5.74, 6) is 0.674. The van der Waals surface area contributed by atoms with Gasteiger partial charge in [-0.3, -0.25) is 4.99 Å². The molecule has 1 aliphatic heterocycles. The summed E-state index contributed by atoms with van der Waals surface area (Å²) in [6, 6.07) is 17.6. The Hall–Kier alpha value is -1.65. The van der Waals surface area contributed by atoms with Crippen LogP contribution in [0.25, 0.3) is 0 Å². The number of hydrogen-bond donors (Lipinski definition) is 2. The van der Waals surface area contributed by atoms with E-state index in [1.807, 2.05) is 18.2 Å². The summed E-state index contributed by atoms with van der Waals surface area (Å²) in [7, 11) is -1.74. The highest BCUT2D eigenvalue weighted by Gasteiger charge is 2.27. The van der Waals surface area contributed by atoms with Gasteiger partial charge >= 0.3 is 0 Å². The third-order valence-electron chi connectivity index (χ3n) is 5.35. The van der Waals surface area contributed by atoms with Crippen LogP contribution in [0.3, 0.4) is 0 Å². The number of rotatable bonds is 8. The van der Waals surface area contributed by atoms with Gasteiger partial charge in [-0.15, -0.1) is 24.0 Å². The third-order valence-corrected chi connectivity index (χ3v) is 7.35. The first-order chi connectivity index (χ1) is 14.6. The van der Waals surface area contributed by atoms with E-state index in [0.717, 1.165) is 44.2 Å². The van der Waals surface area contributed by atoms with Gasteiger partial charge < -0.3 is 10.6 Å². The summed E-state index contributed by atoms with van der Waals surface area (Å²) >= 11 is 0. The van der Waals surface area contributed by atoms with E-state index in [-0.39, 0.29) is 24.0 Å². The second-order valence-electron chi connectivity index (χ2n) is 7.51. The molecule has 0 aliphatic carbocycles. The maximum absolute atomic E-state index is 13.1. The lowest BCUT2D eigenvalue weighted by Gasteiger charge is -2.27. The number of benzene rings is 2. The summed E-state index contributed by atoms with van der Waals surface area (Å²) in [5.41, 5.74) is 2.08. The highest BCUT2D eigenvalue weighted by molar-refractivity contribution is 14.0. The van der Waals surface area contributed by atoms with Crippen molar-refractivity contribution in [1.82, 2.24) is 14.9 Å². The molecule has 3 rings (SSSR count). The molecule has 0 spiro atoms. The van der Waals surface area contributed by atoms with Crippen molar-refractivity contribution in [3.63, 3.8) is 0 Å². The Kier molecular flexibility index (Phi) is 10.8. The average Bonchev–Trinajstić information content (AvgIpc) is 2.80. The number of aryl methyl sites for hydroxylation is 1. The van der Waals surface area contributed by atoms with Gasteiger partial charge in [-0.25, -0.2) is 8.42 Å². The van der Waals surface area contributed by atoms with Crippen LogP contribution in [0, 0.1) is 0 Å². The van der Waals surface area contributed by atoms with Crippen LogP contribution in [0.15, 0.2) is 64.5 Å². The molecule has 0 aromatic heterocycles. The van der Waals surface area contributed by atoms with Crippen LogP contribution in [-0.4, -0.2) is 45.4 Å². The van der Waals surface area contributed by atoms with Crippen LogP contribution >= 0.6 is 24.0 Å². The number of halogens is 1. The molecule has 1 aliphatic rings. The number of aliphatic imine (C=N–C) groups is 1. The number of guanidine groups is 1. The Balaban J connectivity index is 0.00000341. The van der Waals surface area contributed by atoms with Crippen LogP contribution in [-0.2, 0) is 23.0 Å². The van der Waals surface area contributed by atoms with Crippen LogP contribution in [0.5, 0.6) is 0 Å². The Morgan fingerprint density at radius 1 is 0.968 bits per heavy atom. The zero-order chi connectivity index (χ0) is 21.2. The fourth-order valence-corrected chi connectivity index (χ4v) is 5.43. The van der Waals surface area contributed by atoms with Crippen molar-refractivity contribution in [2.75, 3.05) is 26.7 Å². The molecular formula is C23H33IN4O2S. The van der Waals surface area contributed by atoms with E-state index in [1.165, 1.54) is 5.56 Å². The molecule has 0 radical (unpaired) electrons. The third kappa shape index (κ3) is 7.47. The number of nitrogens with one attached hydrogen (secondary N) is 2. The Morgan fingerprint density at radius 2 is 1.65 bits per heavy atom. The SMILES string of the molecule is CN=C(NCCCc1ccccc1)NCc1ccccc1S(=O)(=O)N1CCCCC1.I. The second kappa shape index (κ2) is 13.0. The van der Waals surface area contributed by atoms with Crippen LogP contribution in [0.2, 0.25) is 0 Å². The molecule has 0 amide bonds. The van der Waals surface area contributed by atoms with E-state index in [0.29, 0.717) is 30.5 Å². The predicted molar refractivity (Wildman–Crippen MR) is 137 cm³/mol. The van der Waals surface area contributed by atoms with Gasteiger partial charge in [-0.2, -0.15) is 4.31 Å². The summed E-state index contributed by atoms with van der Waals surface area (Å²) in [4.78, 5) is 4.65. The molecule has 0 unspecified atom stereocenters. The van der Waals surface area contributed by atoms with Crippen molar-refractivity contribution in [3.05, 3.63) is 65.7 Å². The van der Waals surface area contributed by atoms with Crippen LogP contribution in [0.1, 0.15) is 36.8 Å². The molecule has 1 fully saturated rings. The van der Waals surface area contributed by atoms with Gasteiger partial charge in [0.2, 0.25) is 10.0 Å². The highest BCUT2D eigenvalue weighted by Crippen LogP contribution is 2.23. The minimum atomic E-state index is -3.47. The van der Waals surface area contributed by atoms with Gasteiger partial charge in [-0.05, 0) is 42.9 Å². The molecule has 2 N–H and O–H groups in total. The minimum absolute atomic E-state index is 0. The van der Waals surface area contributed by atoms with Gasteiger partial charge in [-0.1, -0.05) is 55.0 Å². The van der Waals surface area contributed by atoms with Gasteiger partial charge in [0, 0.05) is 33.2 Å². The monoisotopic (exact) mass is 556 g/mol. The summed E-state index contributed by atoms with van der Waals surface area (Å²) in [5, 5.41) is 6.57. The number of sulfonamides is 1. The summed E-state index contributed by atoms with van der Waals surface area (Å²) < 4.78 is 27.9. The molecular weight excluding hydrogens is 523 g/mol. The zero-order valence-corrected chi connectivity index (χ0v) is 21.2. The molecule has 8 heteroatoms. The first-order valence-electron chi connectivity index (χ1n) is 10.7. The largest absolute Gasteiger partial charge is 0.356 e. The summed E-state index contributed by atoms with van der Waals surface area (Å²) in [6.07, 6.45) is 4.95. The molecule has 0 saturated carbocycles. The van der Waals surface area contributed by atoms with Crippen molar-refractivity contribution >= 4 is 40.0 Å². The van der Waals surface area contributed by atoms with E-state index in [9.17, 15) is 8.42 Å². The van der Waals surface area contributed by atoms with E-state index in [2.05, 4.69) is 39.9 Å². The first kappa shape index (κ1) is 25.6. The lowest BCUT2D eigenvalue weighted by Crippen LogP contribution is -2.39. The van der Waals surface area contributed by atoms with Crippen molar-refractivity contribution in [1.29, 1.82) is 0 Å². The predicted octanol–water partition coefficient (Wildman–Crippen LogP) is 3.78. The van der Waals surface area contributed by atoms with Crippen molar-refractivity contribution in [2.45, 2.75) is 43.5 Å². The number of piperidine rings is 1.